The molecular formula is C46H28O9. The van der Waals surface area contributed by atoms with Crippen LogP contribution in [0.4, 0.5) is 0 Å². The molecule has 0 amide bonds. The van der Waals surface area contributed by atoms with Gasteiger partial charge in [-0.15, -0.1) is 0 Å². The number of phenolic OH excluding ortho intramolecular Hbond substituents is 8. The van der Waals surface area contributed by atoms with Gasteiger partial charge in [-0.25, -0.2) is 0 Å². The molecule has 9 nitrogen and oxygen atoms in total. The maximum Gasteiger partial charge on any atom is 0.204 e. The van der Waals surface area contributed by atoms with Crippen molar-refractivity contribution in [1.29, 1.82) is 0 Å². The van der Waals surface area contributed by atoms with Crippen LogP contribution < -0.4 is 0 Å². The zero-order chi connectivity index (χ0) is 37.9. The fraction of sp³-hybridized carbons (Fsp3) is 0. The number of benzene rings is 9. The van der Waals surface area contributed by atoms with Gasteiger partial charge in [-0.1, -0.05) is 103 Å². The number of hydrogen-bond donors (Lipinski definition) is 8. The van der Waals surface area contributed by atoms with Gasteiger partial charge in [0.15, 0.2) is 23.0 Å². The summed E-state index contributed by atoms with van der Waals surface area (Å²) in [5, 5.41) is 94.8. The van der Waals surface area contributed by atoms with Crippen molar-refractivity contribution in [3.8, 4) is 79.4 Å². The van der Waals surface area contributed by atoms with Crippen LogP contribution in [0.3, 0.4) is 0 Å². The SMILES string of the molecule is Oc1c(O)c(O)c2c(-c3cccc4ccccc34)c3c(O)c(O)c(O)c(O)c3c(-c3ccc(-c4cccc5oc6cc7ccccc7cc6c45)cc3)c2c1O. The van der Waals surface area contributed by atoms with Crippen LogP contribution in [0.25, 0.3) is 98.4 Å². The molecule has 1 aromatic heterocycles. The lowest BCUT2D eigenvalue weighted by Crippen LogP contribution is -1.95. The zero-order valence-corrected chi connectivity index (χ0v) is 28.5. The van der Waals surface area contributed by atoms with Crippen molar-refractivity contribution in [3.05, 3.63) is 121 Å². The monoisotopic (exact) mass is 724 g/mol. The molecule has 0 spiro atoms. The lowest BCUT2D eigenvalue weighted by atomic mass is 9.82. The molecule has 0 atom stereocenters. The van der Waals surface area contributed by atoms with Crippen LogP contribution in [-0.4, -0.2) is 40.9 Å². The van der Waals surface area contributed by atoms with Crippen molar-refractivity contribution in [2.24, 2.45) is 0 Å². The summed E-state index contributed by atoms with van der Waals surface area (Å²) < 4.78 is 6.29. The molecule has 0 aliphatic heterocycles. The third-order valence-electron chi connectivity index (χ3n) is 10.7. The van der Waals surface area contributed by atoms with Gasteiger partial charge in [-0.2, -0.15) is 0 Å². The second kappa shape index (κ2) is 11.4. The Kier molecular flexibility index (Phi) is 6.59. The Morgan fingerprint density at radius 1 is 0.309 bits per heavy atom. The van der Waals surface area contributed by atoms with E-state index in [1.54, 1.807) is 36.4 Å². The van der Waals surface area contributed by atoms with Crippen molar-refractivity contribution < 1.29 is 45.3 Å². The third-order valence-corrected chi connectivity index (χ3v) is 10.7. The molecule has 10 rings (SSSR count). The molecule has 0 bridgehead atoms. The van der Waals surface area contributed by atoms with Crippen molar-refractivity contribution >= 4 is 65.0 Å². The Bertz CT molecular complexity index is 3200. The number of phenols is 8. The summed E-state index contributed by atoms with van der Waals surface area (Å²) in [4.78, 5) is 0. The number of fused-ring (bicyclic) bond motifs is 7. The molecule has 9 aromatic carbocycles. The first-order valence-corrected chi connectivity index (χ1v) is 17.3. The summed E-state index contributed by atoms with van der Waals surface area (Å²) >= 11 is 0. The lowest BCUT2D eigenvalue weighted by molar-refractivity contribution is 0.350. The molecular weight excluding hydrogens is 696 g/mol. The Hall–Kier alpha value is -7.78. The molecule has 1 heterocycles. The van der Waals surface area contributed by atoms with Gasteiger partial charge in [0.1, 0.15) is 11.2 Å². The Balaban J connectivity index is 1.31. The zero-order valence-electron chi connectivity index (χ0n) is 28.5. The van der Waals surface area contributed by atoms with Crippen molar-refractivity contribution in [2.45, 2.75) is 0 Å². The average Bonchev–Trinajstić information content (AvgIpc) is 3.59. The van der Waals surface area contributed by atoms with Crippen LogP contribution in [0, 0.1) is 0 Å². The highest BCUT2D eigenvalue weighted by atomic mass is 16.4. The summed E-state index contributed by atoms with van der Waals surface area (Å²) in [6, 6.07) is 37.4. The summed E-state index contributed by atoms with van der Waals surface area (Å²) in [7, 11) is 0. The summed E-state index contributed by atoms with van der Waals surface area (Å²) in [5.41, 5.74) is 3.75. The minimum atomic E-state index is -1.02. The number of furan rings is 1. The predicted molar refractivity (Wildman–Crippen MR) is 213 cm³/mol. The molecule has 0 unspecified atom stereocenters. The van der Waals surface area contributed by atoms with E-state index in [2.05, 4.69) is 6.07 Å². The Morgan fingerprint density at radius 2 is 0.782 bits per heavy atom. The van der Waals surface area contributed by atoms with E-state index in [0.29, 0.717) is 22.1 Å². The number of rotatable bonds is 3. The van der Waals surface area contributed by atoms with E-state index in [0.717, 1.165) is 43.6 Å². The first-order chi connectivity index (χ1) is 26.6. The van der Waals surface area contributed by atoms with Gasteiger partial charge < -0.3 is 45.3 Å². The molecule has 8 N–H and O–H groups in total. The fourth-order valence-electron chi connectivity index (χ4n) is 8.19. The molecule has 266 valence electrons. The topological polar surface area (TPSA) is 175 Å². The van der Waals surface area contributed by atoms with Gasteiger partial charge >= 0.3 is 0 Å². The second-order valence-corrected chi connectivity index (χ2v) is 13.6. The first-order valence-electron chi connectivity index (χ1n) is 17.3. The molecule has 0 saturated carbocycles. The minimum absolute atomic E-state index is 0.000548. The van der Waals surface area contributed by atoms with Gasteiger partial charge in [0.05, 0.1) is 0 Å². The quantitative estimate of drug-likeness (QED) is 0.0501. The first kappa shape index (κ1) is 31.9. The Morgan fingerprint density at radius 3 is 1.40 bits per heavy atom. The van der Waals surface area contributed by atoms with E-state index in [-0.39, 0.29) is 32.7 Å². The van der Waals surface area contributed by atoms with Crippen LogP contribution in [0.15, 0.2) is 126 Å². The van der Waals surface area contributed by atoms with Crippen LogP contribution in [0.2, 0.25) is 0 Å². The molecule has 10 aromatic rings. The maximum atomic E-state index is 11.6. The number of aromatic hydroxyl groups is 8. The average molecular weight is 725 g/mol. The molecule has 0 saturated heterocycles. The lowest BCUT2D eigenvalue weighted by Gasteiger charge is -2.23. The predicted octanol–water partition coefficient (Wildman–Crippen LogP) is 10.8. The molecule has 0 radical (unpaired) electrons. The molecule has 9 heteroatoms. The fourth-order valence-corrected chi connectivity index (χ4v) is 8.19. The van der Waals surface area contributed by atoms with Crippen LogP contribution in [0.5, 0.6) is 46.0 Å². The van der Waals surface area contributed by atoms with Crippen molar-refractivity contribution in [2.75, 3.05) is 0 Å². The van der Waals surface area contributed by atoms with E-state index in [4.69, 9.17) is 4.42 Å². The van der Waals surface area contributed by atoms with Crippen molar-refractivity contribution in [1.82, 2.24) is 0 Å². The minimum Gasteiger partial charge on any atom is -0.504 e. The van der Waals surface area contributed by atoms with Gasteiger partial charge in [0.25, 0.3) is 0 Å². The van der Waals surface area contributed by atoms with Gasteiger partial charge in [-0.3, -0.25) is 0 Å². The summed E-state index contributed by atoms with van der Waals surface area (Å²) in [6.45, 7) is 0. The molecule has 0 aliphatic carbocycles. The maximum absolute atomic E-state index is 11.6. The molecule has 0 aliphatic rings. The van der Waals surface area contributed by atoms with Crippen LogP contribution >= 0.6 is 0 Å². The largest absolute Gasteiger partial charge is 0.504 e. The molecule has 55 heavy (non-hydrogen) atoms. The standard InChI is InChI=1S/C46H28O9/c47-39-35-32(23-17-15-22(16-18-23)27-12-6-14-30-33(27)29-19-24-8-1-2-9-25(24)20-31(29)55-30)36-38(42(50)46(54)44(52)40(36)48)34(37(35)41(49)45(53)43(39)51)28-13-5-10-21-7-3-4-11-26(21)28/h1-20,47-54H. The van der Waals surface area contributed by atoms with Gasteiger partial charge in [0.2, 0.25) is 23.0 Å². The summed E-state index contributed by atoms with van der Waals surface area (Å²) in [6.07, 6.45) is 0. The normalized spacial score (nSPS) is 11.9. The van der Waals surface area contributed by atoms with E-state index in [9.17, 15) is 40.9 Å². The van der Waals surface area contributed by atoms with Crippen LogP contribution in [-0.2, 0) is 0 Å². The molecule has 0 fully saturated rings. The highest BCUT2D eigenvalue weighted by molar-refractivity contribution is 6.30. The smallest absolute Gasteiger partial charge is 0.204 e. The number of hydrogen-bond acceptors (Lipinski definition) is 9. The van der Waals surface area contributed by atoms with Crippen LogP contribution in [0.1, 0.15) is 0 Å². The van der Waals surface area contributed by atoms with E-state index in [1.807, 2.05) is 78.9 Å². The highest BCUT2D eigenvalue weighted by Crippen LogP contribution is 2.62. The third kappa shape index (κ3) is 4.35. The highest BCUT2D eigenvalue weighted by Gasteiger charge is 2.32. The van der Waals surface area contributed by atoms with E-state index < -0.39 is 46.0 Å². The summed E-state index contributed by atoms with van der Waals surface area (Å²) in [5.74, 6) is -7.41. The van der Waals surface area contributed by atoms with Gasteiger partial charge in [0, 0.05) is 43.4 Å². The second-order valence-electron chi connectivity index (χ2n) is 13.6. The van der Waals surface area contributed by atoms with Crippen molar-refractivity contribution in [3.63, 3.8) is 0 Å². The van der Waals surface area contributed by atoms with E-state index >= 15 is 0 Å². The van der Waals surface area contributed by atoms with E-state index in [1.165, 1.54) is 0 Å². The van der Waals surface area contributed by atoms with Gasteiger partial charge in [-0.05, 0) is 62.0 Å². The Labute approximate surface area is 310 Å².